The molecule has 0 saturated carbocycles. The number of nitrogens with one attached hydrogen (secondary N) is 3. The molecule has 5 rings (SSSR count). The van der Waals surface area contributed by atoms with Crippen molar-refractivity contribution in [1.29, 1.82) is 0 Å². The van der Waals surface area contributed by atoms with E-state index in [1.807, 2.05) is 6.07 Å². The Kier molecular flexibility index (Phi) is 8.26. The molecule has 5 aromatic rings. The normalized spacial score (nSPS) is 12.0. The fraction of sp³-hybridized carbons (Fsp3) is 0.147. The average Bonchev–Trinajstić information content (AvgIpc) is 3.34. The molecule has 1 atom stereocenters. The lowest BCUT2D eigenvalue weighted by Crippen LogP contribution is -2.39. The molecule has 0 fully saturated rings. The van der Waals surface area contributed by atoms with Gasteiger partial charge in [-0.25, -0.2) is 0 Å². The third-order valence-corrected chi connectivity index (χ3v) is 7.47. The number of hydrogen-bond donors (Lipinski definition) is 3. The molecule has 224 valence electrons. The van der Waals surface area contributed by atoms with E-state index in [1.54, 1.807) is 85.3 Å². The summed E-state index contributed by atoms with van der Waals surface area (Å²) in [5, 5.41) is 8.94. The molecule has 3 amide bonds. The van der Waals surface area contributed by atoms with Crippen LogP contribution < -0.4 is 16.0 Å². The Morgan fingerprint density at radius 3 is 2.18 bits per heavy atom. The molecule has 3 N–H and O–H groups in total. The van der Waals surface area contributed by atoms with Gasteiger partial charge in [0.15, 0.2) is 0 Å². The number of aryl methyl sites for hydroxylation is 2. The Bertz CT molecular complexity index is 1860. The largest absolute Gasteiger partial charge is 0.416 e. The van der Waals surface area contributed by atoms with E-state index in [0.717, 1.165) is 23.2 Å². The molecule has 4 aromatic carbocycles. The van der Waals surface area contributed by atoms with Gasteiger partial charge in [0.1, 0.15) is 11.7 Å². The Balaban J connectivity index is 1.40. The summed E-state index contributed by atoms with van der Waals surface area (Å²) in [5.41, 5.74) is 3.43. The lowest BCUT2D eigenvalue weighted by Gasteiger charge is -2.18. The molecule has 0 unspecified atom stereocenters. The van der Waals surface area contributed by atoms with Gasteiger partial charge < -0.3 is 20.5 Å². The number of amides is 3. The molecule has 44 heavy (non-hydrogen) atoms. The first-order valence-corrected chi connectivity index (χ1v) is 13.7. The SMILES string of the molecule is CNC(=O)[C@@H](NC(=O)c1cc2cc(NC(=O)c3cccc(C)c3-c3ccc(C(F)(F)F)cc3)ccc2n1C)c1ccccc1. The van der Waals surface area contributed by atoms with Crippen LogP contribution in [0.1, 0.15) is 43.6 Å². The first-order chi connectivity index (χ1) is 21.0. The van der Waals surface area contributed by atoms with Crippen LogP contribution in [0, 0.1) is 6.92 Å². The predicted octanol–water partition coefficient (Wildman–Crippen LogP) is 6.64. The van der Waals surface area contributed by atoms with Gasteiger partial charge in [-0.05, 0) is 71.6 Å². The molecule has 0 aliphatic heterocycles. The molecular weight excluding hydrogens is 569 g/mol. The third kappa shape index (κ3) is 6.05. The van der Waals surface area contributed by atoms with E-state index >= 15 is 0 Å². The lowest BCUT2D eigenvalue weighted by atomic mass is 9.94. The number of likely N-dealkylation sites (N-methyl/N-ethyl adjacent to an activating group) is 1. The van der Waals surface area contributed by atoms with Crippen LogP contribution in [0.2, 0.25) is 0 Å². The number of aromatic nitrogens is 1. The average molecular weight is 599 g/mol. The quantitative estimate of drug-likeness (QED) is 0.196. The van der Waals surface area contributed by atoms with Crippen molar-refractivity contribution in [3.05, 3.63) is 125 Å². The second-order valence-electron chi connectivity index (χ2n) is 10.3. The fourth-order valence-corrected chi connectivity index (χ4v) is 5.20. The minimum atomic E-state index is -4.46. The minimum absolute atomic E-state index is 0.305. The van der Waals surface area contributed by atoms with Gasteiger partial charge in [0.2, 0.25) is 5.91 Å². The van der Waals surface area contributed by atoms with E-state index in [9.17, 15) is 27.6 Å². The molecular formula is C34H29F3N4O3. The molecule has 7 nitrogen and oxygen atoms in total. The summed E-state index contributed by atoms with van der Waals surface area (Å²) in [4.78, 5) is 39.3. The summed E-state index contributed by atoms with van der Waals surface area (Å²) in [6.07, 6.45) is -4.46. The van der Waals surface area contributed by atoms with Crippen molar-refractivity contribution in [2.45, 2.75) is 19.1 Å². The fourth-order valence-electron chi connectivity index (χ4n) is 5.20. The number of fused-ring (bicyclic) bond motifs is 1. The van der Waals surface area contributed by atoms with Gasteiger partial charge in [0.25, 0.3) is 11.8 Å². The molecule has 0 aliphatic rings. The van der Waals surface area contributed by atoms with Crippen molar-refractivity contribution in [3.63, 3.8) is 0 Å². The number of carbonyl (C=O) groups excluding carboxylic acids is 3. The van der Waals surface area contributed by atoms with E-state index in [-0.39, 0.29) is 5.91 Å². The number of halogens is 3. The zero-order valence-electron chi connectivity index (χ0n) is 24.1. The standard InChI is InChI=1S/C34H29F3N4O3/c1-20-8-7-11-26(29(20)21-12-14-24(15-13-21)34(35,36)37)31(42)39-25-16-17-27-23(18-25)19-28(41(27)3)32(43)40-30(33(44)38-2)22-9-5-4-6-10-22/h4-19,30H,1-3H3,(H,38,44)(H,39,42)(H,40,43)/t30-/m0/s1. The van der Waals surface area contributed by atoms with Crippen LogP contribution in [0.4, 0.5) is 18.9 Å². The molecule has 0 radical (unpaired) electrons. The summed E-state index contributed by atoms with van der Waals surface area (Å²) in [6.45, 7) is 1.79. The number of anilines is 1. The molecule has 1 aromatic heterocycles. The highest BCUT2D eigenvalue weighted by Gasteiger charge is 2.30. The number of benzene rings is 4. The van der Waals surface area contributed by atoms with Crippen LogP contribution in [0.3, 0.4) is 0 Å². The van der Waals surface area contributed by atoms with Crippen molar-refractivity contribution in [2.24, 2.45) is 7.05 Å². The summed E-state index contributed by atoms with van der Waals surface area (Å²) < 4.78 is 41.0. The molecule has 1 heterocycles. The minimum Gasteiger partial charge on any atom is -0.357 e. The Morgan fingerprint density at radius 2 is 1.52 bits per heavy atom. The highest BCUT2D eigenvalue weighted by molar-refractivity contribution is 6.10. The van der Waals surface area contributed by atoms with Crippen molar-refractivity contribution in [1.82, 2.24) is 15.2 Å². The van der Waals surface area contributed by atoms with Crippen molar-refractivity contribution in [2.75, 3.05) is 12.4 Å². The maximum atomic E-state index is 13.5. The predicted molar refractivity (Wildman–Crippen MR) is 163 cm³/mol. The summed E-state index contributed by atoms with van der Waals surface area (Å²) in [7, 11) is 3.23. The van der Waals surface area contributed by atoms with Gasteiger partial charge in [-0.2, -0.15) is 13.2 Å². The number of rotatable bonds is 7. The number of carbonyl (C=O) groups is 3. The van der Waals surface area contributed by atoms with Gasteiger partial charge in [-0.1, -0.05) is 54.6 Å². The zero-order chi connectivity index (χ0) is 31.6. The summed E-state index contributed by atoms with van der Waals surface area (Å²) >= 11 is 0. The van der Waals surface area contributed by atoms with Crippen molar-refractivity contribution in [3.8, 4) is 11.1 Å². The zero-order valence-corrected chi connectivity index (χ0v) is 24.1. The van der Waals surface area contributed by atoms with Crippen LogP contribution in [-0.2, 0) is 18.0 Å². The highest BCUT2D eigenvalue weighted by Crippen LogP contribution is 2.33. The monoisotopic (exact) mass is 598 g/mol. The second kappa shape index (κ2) is 12.1. The van der Waals surface area contributed by atoms with Crippen molar-refractivity contribution < 1.29 is 27.6 Å². The van der Waals surface area contributed by atoms with Crippen molar-refractivity contribution >= 4 is 34.3 Å². The third-order valence-electron chi connectivity index (χ3n) is 7.47. The Labute approximate surface area is 251 Å². The van der Waals surface area contributed by atoms with Gasteiger partial charge >= 0.3 is 6.18 Å². The first-order valence-electron chi connectivity index (χ1n) is 13.7. The van der Waals surface area contributed by atoms with Crippen LogP contribution in [0.5, 0.6) is 0 Å². The first kappa shape index (κ1) is 30.1. The number of nitrogens with zero attached hydrogens (tertiary/aromatic N) is 1. The smallest absolute Gasteiger partial charge is 0.357 e. The molecule has 0 bridgehead atoms. The summed E-state index contributed by atoms with van der Waals surface area (Å²) in [5.74, 6) is -1.25. The molecule has 0 spiro atoms. The molecule has 0 saturated heterocycles. The van der Waals surface area contributed by atoms with Gasteiger partial charge in [-0.15, -0.1) is 0 Å². The molecule has 10 heteroatoms. The van der Waals surface area contributed by atoms with E-state index in [0.29, 0.717) is 39.0 Å². The van der Waals surface area contributed by atoms with Crippen LogP contribution in [-0.4, -0.2) is 29.3 Å². The maximum absolute atomic E-state index is 13.5. The summed E-state index contributed by atoms with van der Waals surface area (Å²) in [6, 6.07) is 24.7. The lowest BCUT2D eigenvalue weighted by molar-refractivity contribution is -0.137. The van der Waals surface area contributed by atoms with Crippen LogP contribution in [0.15, 0.2) is 97.1 Å². The van der Waals surface area contributed by atoms with Crippen LogP contribution in [0.25, 0.3) is 22.0 Å². The highest BCUT2D eigenvalue weighted by atomic mass is 19.4. The second-order valence-corrected chi connectivity index (χ2v) is 10.3. The molecule has 0 aliphatic carbocycles. The van der Waals surface area contributed by atoms with Crippen LogP contribution >= 0.6 is 0 Å². The Morgan fingerprint density at radius 1 is 0.818 bits per heavy atom. The van der Waals surface area contributed by atoms with E-state index in [1.165, 1.54) is 19.2 Å². The van der Waals surface area contributed by atoms with E-state index < -0.39 is 29.6 Å². The van der Waals surface area contributed by atoms with E-state index in [2.05, 4.69) is 16.0 Å². The van der Waals surface area contributed by atoms with Gasteiger partial charge in [-0.3, -0.25) is 14.4 Å². The van der Waals surface area contributed by atoms with Gasteiger partial charge in [0, 0.05) is 36.2 Å². The van der Waals surface area contributed by atoms with E-state index in [4.69, 9.17) is 0 Å². The number of alkyl halides is 3. The maximum Gasteiger partial charge on any atom is 0.416 e. The Hall–Kier alpha value is -5.38. The topological polar surface area (TPSA) is 92.2 Å². The van der Waals surface area contributed by atoms with Gasteiger partial charge in [0.05, 0.1) is 5.56 Å². The number of hydrogen-bond acceptors (Lipinski definition) is 3.